The third-order valence-corrected chi connectivity index (χ3v) is 17.5. The van der Waals surface area contributed by atoms with Crippen molar-refractivity contribution in [3.8, 4) is 0 Å². The molecule has 3 fully saturated rings. The summed E-state index contributed by atoms with van der Waals surface area (Å²) in [7, 11) is -0.677. The molecule has 3 saturated heterocycles. The molecule has 11 nitrogen and oxygen atoms in total. The molecular formula is C54H66O11Si. The quantitative estimate of drug-likeness (QED) is 0.0741. The summed E-state index contributed by atoms with van der Waals surface area (Å²) in [6.45, 7) is 12.7. The molecule has 0 N–H and O–H groups in total. The Bertz CT molecular complexity index is 2160. The molecule has 66 heavy (non-hydrogen) atoms. The van der Waals surface area contributed by atoms with Gasteiger partial charge in [0.2, 0.25) is 0 Å². The van der Waals surface area contributed by atoms with Gasteiger partial charge in [0.25, 0.3) is 0 Å². The highest BCUT2D eigenvalue weighted by Crippen LogP contribution is 2.41. The van der Waals surface area contributed by atoms with E-state index in [2.05, 4.69) is 33.9 Å². The third-order valence-electron chi connectivity index (χ3n) is 13.0. The molecular weight excluding hydrogens is 853 g/mol. The minimum absolute atomic E-state index is 0.0665. The van der Waals surface area contributed by atoms with Crippen LogP contribution >= 0.6 is 0 Å². The van der Waals surface area contributed by atoms with E-state index in [1.165, 1.54) is 0 Å². The summed E-state index contributed by atoms with van der Waals surface area (Å²) in [6, 6.07) is 50.2. The maximum absolute atomic E-state index is 7.43. The molecule has 5 aromatic rings. The minimum atomic E-state index is -2.31. The van der Waals surface area contributed by atoms with Crippen LogP contribution in [0, 0.1) is 0 Å². The normalized spacial score (nSPS) is 28.1. The van der Waals surface area contributed by atoms with Crippen molar-refractivity contribution >= 4 is 8.32 Å². The van der Waals surface area contributed by atoms with Crippen LogP contribution in [0.3, 0.4) is 0 Å². The van der Waals surface area contributed by atoms with Gasteiger partial charge in [-0.3, -0.25) is 0 Å². The number of fused-ring (bicyclic) bond motifs is 1. The van der Waals surface area contributed by atoms with Gasteiger partial charge in [-0.05, 0) is 40.4 Å². The summed E-state index contributed by atoms with van der Waals surface area (Å²) in [5, 5.41) is -0.0665. The van der Waals surface area contributed by atoms with Crippen molar-refractivity contribution in [2.24, 2.45) is 0 Å². The summed E-state index contributed by atoms with van der Waals surface area (Å²) in [6.07, 6.45) is -8.07. The average Bonchev–Trinajstić information content (AvgIpc) is 3.34. The Kier molecular flexibility index (Phi) is 16.7. The molecule has 5 aromatic carbocycles. The van der Waals surface area contributed by atoms with Gasteiger partial charge in [0.05, 0.1) is 39.6 Å². The van der Waals surface area contributed by atoms with E-state index in [9.17, 15) is 0 Å². The van der Waals surface area contributed by atoms with E-state index in [0.29, 0.717) is 6.61 Å². The second-order valence-corrected chi connectivity index (χ2v) is 23.5. The van der Waals surface area contributed by atoms with Crippen LogP contribution in [0.1, 0.15) is 54.9 Å². The van der Waals surface area contributed by atoms with Gasteiger partial charge >= 0.3 is 0 Å². The van der Waals surface area contributed by atoms with Crippen LogP contribution in [-0.2, 0) is 78.2 Å². The molecule has 0 amide bonds. The van der Waals surface area contributed by atoms with E-state index >= 15 is 0 Å². The number of hydrogen-bond donors (Lipinski definition) is 0. The van der Waals surface area contributed by atoms with Gasteiger partial charge in [-0.25, -0.2) is 0 Å². The molecule has 12 heteroatoms. The summed E-state index contributed by atoms with van der Waals surface area (Å²) < 4.78 is 75.5. The zero-order valence-corrected chi connectivity index (χ0v) is 40.0. The first kappa shape index (κ1) is 48.3. The number of hydrogen-bond acceptors (Lipinski definition) is 11. The first-order valence-corrected chi connectivity index (χ1v) is 26.0. The fraction of sp³-hybridized carbons (Fsp3) is 0.444. The first-order chi connectivity index (χ1) is 32.1. The SMILES string of the molecule is CO[C@@H]1O[C@H](CO[Si](C)(C)C(C)(C)C)[C@@H](O[C@@H]2O[C@@H]3CO[C@H](c4ccccc4)O[C@@H]3[C@H](OCc3ccccc3)[C@H]2OCc2ccccc2)[C@H](OCc2ccccc2)[C@H]1OCc1ccccc1. The molecule has 0 unspecified atom stereocenters. The second kappa shape index (κ2) is 22.8. The molecule has 3 aliphatic heterocycles. The van der Waals surface area contributed by atoms with Crippen molar-refractivity contribution < 1.29 is 51.8 Å². The lowest BCUT2D eigenvalue weighted by Gasteiger charge is -2.52. The van der Waals surface area contributed by atoms with Crippen molar-refractivity contribution in [1.82, 2.24) is 0 Å². The molecule has 0 aromatic heterocycles. The van der Waals surface area contributed by atoms with Gasteiger partial charge in [0.1, 0.15) is 48.8 Å². The fourth-order valence-corrected chi connectivity index (χ4v) is 9.28. The van der Waals surface area contributed by atoms with Crippen LogP contribution < -0.4 is 0 Å². The van der Waals surface area contributed by atoms with Crippen molar-refractivity contribution in [1.29, 1.82) is 0 Å². The van der Waals surface area contributed by atoms with Crippen LogP contribution in [0.5, 0.6) is 0 Å². The van der Waals surface area contributed by atoms with Gasteiger partial charge in [-0.1, -0.05) is 172 Å². The topological polar surface area (TPSA) is 102 Å². The molecule has 0 radical (unpaired) electrons. The Balaban J connectivity index is 1.18. The Labute approximate surface area is 391 Å². The molecule has 3 aliphatic rings. The van der Waals surface area contributed by atoms with Crippen LogP contribution in [0.25, 0.3) is 0 Å². The van der Waals surface area contributed by atoms with Crippen molar-refractivity contribution in [3.63, 3.8) is 0 Å². The maximum atomic E-state index is 7.43. The molecule has 3 heterocycles. The van der Waals surface area contributed by atoms with Gasteiger partial charge in [0, 0.05) is 12.7 Å². The minimum Gasteiger partial charge on any atom is -0.414 e. The predicted octanol–water partition coefficient (Wildman–Crippen LogP) is 9.95. The second-order valence-electron chi connectivity index (χ2n) is 18.7. The lowest BCUT2D eigenvalue weighted by atomic mass is 9.95. The highest BCUT2D eigenvalue weighted by Gasteiger charge is 2.56. The van der Waals surface area contributed by atoms with E-state index in [1.54, 1.807) is 7.11 Å². The monoisotopic (exact) mass is 918 g/mol. The molecule has 0 saturated carbocycles. The average molecular weight is 919 g/mol. The fourth-order valence-electron chi connectivity index (χ4n) is 8.26. The molecule has 0 spiro atoms. The number of rotatable bonds is 19. The van der Waals surface area contributed by atoms with E-state index < -0.39 is 76.0 Å². The van der Waals surface area contributed by atoms with Crippen molar-refractivity contribution in [3.05, 3.63) is 179 Å². The van der Waals surface area contributed by atoms with Crippen LogP contribution in [0.15, 0.2) is 152 Å². The summed E-state index contributed by atoms with van der Waals surface area (Å²) in [5.74, 6) is 0. The molecule has 8 rings (SSSR count). The zero-order chi connectivity index (χ0) is 45.9. The van der Waals surface area contributed by atoms with Crippen LogP contribution in [-0.4, -0.2) is 90.1 Å². The lowest BCUT2D eigenvalue weighted by Crippen LogP contribution is -2.67. The van der Waals surface area contributed by atoms with E-state index in [-0.39, 0.29) is 38.1 Å². The number of ether oxygens (including phenoxy) is 10. The number of methoxy groups -OCH3 is 1. The highest BCUT2D eigenvalue weighted by atomic mass is 28.4. The maximum Gasteiger partial charge on any atom is 0.192 e. The van der Waals surface area contributed by atoms with Crippen molar-refractivity contribution in [2.45, 2.75) is 133 Å². The lowest BCUT2D eigenvalue weighted by molar-refractivity contribution is -0.396. The summed E-state index contributed by atoms with van der Waals surface area (Å²) in [4.78, 5) is 0. The smallest absolute Gasteiger partial charge is 0.192 e. The zero-order valence-electron chi connectivity index (χ0n) is 39.0. The molecule has 352 valence electrons. The summed E-state index contributed by atoms with van der Waals surface area (Å²) >= 11 is 0. The Morgan fingerprint density at radius 1 is 0.515 bits per heavy atom. The van der Waals surface area contributed by atoms with Crippen LogP contribution in [0.4, 0.5) is 0 Å². The highest BCUT2D eigenvalue weighted by molar-refractivity contribution is 6.74. The van der Waals surface area contributed by atoms with Crippen LogP contribution in [0.2, 0.25) is 18.1 Å². The summed E-state index contributed by atoms with van der Waals surface area (Å²) in [5.41, 5.74) is 4.88. The van der Waals surface area contributed by atoms with E-state index in [1.807, 2.05) is 152 Å². The first-order valence-electron chi connectivity index (χ1n) is 23.1. The Hall–Kier alpha value is -4.12. The Morgan fingerprint density at radius 3 is 1.42 bits per heavy atom. The number of benzene rings is 5. The molecule has 0 bridgehead atoms. The van der Waals surface area contributed by atoms with Gasteiger partial charge in [-0.15, -0.1) is 0 Å². The van der Waals surface area contributed by atoms with E-state index in [4.69, 9.17) is 51.8 Å². The van der Waals surface area contributed by atoms with Crippen molar-refractivity contribution in [2.75, 3.05) is 20.3 Å². The standard InChI is InChI=1S/C54H66O11Si/c1-54(2,3)66(5,6)61-37-44-46(47(56-32-38-22-12-7-13-23-38)49(52(55-4)62-44)58-34-40-26-16-9-17-27-40)65-53-50(59-35-41-28-18-10-19-29-41)48(57-33-39-24-14-8-15-25-39)45-43(63-53)36-60-51(64-45)42-30-20-11-21-31-42/h7-31,43-53H,32-37H2,1-6H3/t43-,44-,45+,46-,47+,48+,49-,50-,51+,52-,53+/m1/s1. The van der Waals surface area contributed by atoms with Gasteiger partial charge in [0.15, 0.2) is 27.2 Å². The van der Waals surface area contributed by atoms with Gasteiger partial charge < -0.3 is 51.8 Å². The predicted molar refractivity (Wildman–Crippen MR) is 252 cm³/mol. The largest absolute Gasteiger partial charge is 0.414 e. The molecule has 11 atom stereocenters. The van der Waals surface area contributed by atoms with E-state index in [0.717, 1.165) is 27.8 Å². The van der Waals surface area contributed by atoms with Gasteiger partial charge in [-0.2, -0.15) is 0 Å². The third kappa shape index (κ3) is 12.3. The molecule has 0 aliphatic carbocycles. The Morgan fingerprint density at radius 2 is 0.955 bits per heavy atom.